The Morgan fingerprint density at radius 2 is 1.47 bits per heavy atom. The Hall–Kier alpha value is -3.65. The number of benzene rings is 4. The largest absolute Gasteiger partial charge is 0.206 e. The normalized spacial score (nSPS) is 10.9. The van der Waals surface area contributed by atoms with Crippen LogP contribution in [0.4, 0.5) is 17.6 Å². The van der Waals surface area contributed by atoms with Gasteiger partial charge in [-0.2, -0.15) is 5.26 Å². The Morgan fingerprint density at radius 3 is 2.10 bits per heavy atom. The van der Waals surface area contributed by atoms with Crippen LogP contribution in [0, 0.1) is 34.6 Å². The molecule has 1 nitrogen and oxygen atoms in total. The summed E-state index contributed by atoms with van der Waals surface area (Å²) >= 11 is 0. The smallest absolute Gasteiger partial charge is 0.141 e. The van der Waals surface area contributed by atoms with E-state index >= 15 is 4.39 Å². The Bertz CT molecular complexity index is 1310. The van der Waals surface area contributed by atoms with Crippen LogP contribution in [0.3, 0.4) is 0 Å². The fourth-order valence-corrected chi connectivity index (χ4v) is 3.55. The fourth-order valence-electron chi connectivity index (χ4n) is 3.55. The van der Waals surface area contributed by atoms with Crippen molar-refractivity contribution in [3.05, 3.63) is 95.1 Å². The quantitative estimate of drug-likeness (QED) is 0.332. The maximum atomic E-state index is 15.1. The Labute approximate surface area is 170 Å². The Balaban J connectivity index is 1.83. The van der Waals surface area contributed by atoms with Crippen molar-refractivity contribution in [1.29, 1.82) is 5.26 Å². The predicted octanol–water partition coefficient (Wildman–Crippen LogP) is 7.16. The minimum Gasteiger partial charge on any atom is -0.206 e. The summed E-state index contributed by atoms with van der Waals surface area (Å²) in [5.41, 5.74) is 0.477. The van der Waals surface area contributed by atoms with Gasteiger partial charge in [0.05, 0.1) is 11.1 Å². The number of hydrogen-bond acceptors (Lipinski definition) is 1. The van der Waals surface area contributed by atoms with E-state index in [4.69, 9.17) is 5.26 Å². The molecule has 0 N–H and O–H groups in total. The monoisotopic (exact) mass is 405 g/mol. The van der Waals surface area contributed by atoms with Gasteiger partial charge in [-0.1, -0.05) is 43.3 Å². The molecule has 0 spiro atoms. The van der Waals surface area contributed by atoms with Crippen LogP contribution in [0.1, 0.15) is 18.1 Å². The van der Waals surface area contributed by atoms with Crippen LogP contribution >= 0.6 is 0 Å². The van der Waals surface area contributed by atoms with E-state index in [1.54, 1.807) is 18.2 Å². The molecule has 0 fully saturated rings. The lowest BCUT2D eigenvalue weighted by Gasteiger charge is -2.12. The highest BCUT2D eigenvalue weighted by Crippen LogP contribution is 2.35. The van der Waals surface area contributed by atoms with Gasteiger partial charge >= 0.3 is 0 Å². The minimum absolute atomic E-state index is 0.0425. The van der Waals surface area contributed by atoms with E-state index in [9.17, 15) is 13.2 Å². The van der Waals surface area contributed by atoms with Crippen molar-refractivity contribution >= 4 is 10.8 Å². The van der Waals surface area contributed by atoms with E-state index in [1.165, 1.54) is 12.1 Å². The topological polar surface area (TPSA) is 23.8 Å². The van der Waals surface area contributed by atoms with Crippen LogP contribution in [0.25, 0.3) is 33.0 Å². The number of hydrogen-bond donors (Lipinski definition) is 0. The standard InChI is InChI=1S/C25H15F4N/c1-2-14-3-7-19-15(9-14)6-8-20(25(19)29)18-11-22(27)24(23(28)12-18)16-4-5-17(13-30)21(26)10-16/h3-12H,2H2,1H3. The highest BCUT2D eigenvalue weighted by atomic mass is 19.1. The van der Waals surface area contributed by atoms with Gasteiger partial charge < -0.3 is 0 Å². The first-order valence-electron chi connectivity index (χ1n) is 9.33. The molecule has 5 heteroatoms. The third-order valence-electron chi connectivity index (χ3n) is 5.16. The lowest BCUT2D eigenvalue weighted by molar-refractivity contribution is 0.588. The average Bonchev–Trinajstić information content (AvgIpc) is 2.73. The molecular weight excluding hydrogens is 390 g/mol. The summed E-state index contributed by atoms with van der Waals surface area (Å²) in [6.07, 6.45) is 0.813. The first-order valence-corrected chi connectivity index (χ1v) is 9.33. The van der Waals surface area contributed by atoms with Gasteiger partial charge in [-0.25, -0.2) is 17.6 Å². The maximum absolute atomic E-state index is 15.1. The van der Waals surface area contributed by atoms with Crippen molar-refractivity contribution in [2.24, 2.45) is 0 Å². The number of nitriles is 1. The van der Waals surface area contributed by atoms with Crippen LogP contribution in [0.2, 0.25) is 0 Å². The van der Waals surface area contributed by atoms with E-state index < -0.39 is 28.8 Å². The van der Waals surface area contributed by atoms with Gasteiger partial charge in [-0.15, -0.1) is 0 Å². The van der Waals surface area contributed by atoms with E-state index in [-0.39, 0.29) is 22.3 Å². The molecule has 0 aromatic heterocycles. The molecule has 0 saturated heterocycles. The summed E-state index contributed by atoms with van der Waals surface area (Å²) in [5.74, 6) is -3.33. The molecule has 0 bridgehead atoms. The third kappa shape index (κ3) is 3.31. The average molecular weight is 405 g/mol. The van der Waals surface area contributed by atoms with Crippen molar-refractivity contribution in [3.8, 4) is 28.3 Å². The predicted molar refractivity (Wildman–Crippen MR) is 109 cm³/mol. The summed E-state index contributed by atoms with van der Waals surface area (Å²) in [6.45, 7) is 2.00. The lowest BCUT2D eigenvalue weighted by atomic mass is 9.95. The second-order valence-corrected chi connectivity index (χ2v) is 6.96. The third-order valence-corrected chi connectivity index (χ3v) is 5.16. The van der Waals surface area contributed by atoms with E-state index in [1.807, 2.05) is 19.1 Å². The summed E-state index contributed by atoms with van der Waals surface area (Å²) in [7, 11) is 0. The number of aryl methyl sites for hydroxylation is 1. The molecule has 0 atom stereocenters. The van der Waals surface area contributed by atoms with Gasteiger partial charge in [0.2, 0.25) is 0 Å². The van der Waals surface area contributed by atoms with Gasteiger partial charge in [-0.3, -0.25) is 0 Å². The molecule has 4 aromatic rings. The van der Waals surface area contributed by atoms with Gasteiger partial charge in [0, 0.05) is 10.9 Å². The first kappa shape index (κ1) is 19.7. The second kappa shape index (κ2) is 7.64. The molecule has 0 saturated carbocycles. The molecule has 0 amide bonds. The second-order valence-electron chi connectivity index (χ2n) is 6.96. The maximum Gasteiger partial charge on any atom is 0.141 e. The van der Waals surface area contributed by atoms with Crippen molar-refractivity contribution in [2.75, 3.05) is 0 Å². The molecule has 0 radical (unpaired) electrons. The van der Waals surface area contributed by atoms with Crippen molar-refractivity contribution < 1.29 is 17.6 Å². The van der Waals surface area contributed by atoms with E-state index in [2.05, 4.69) is 0 Å². The molecule has 148 valence electrons. The summed E-state index contributed by atoms with van der Waals surface area (Å²) in [4.78, 5) is 0. The first-order chi connectivity index (χ1) is 14.4. The van der Waals surface area contributed by atoms with Gasteiger partial charge in [-0.05, 0) is 52.8 Å². The van der Waals surface area contributed by atoms with Gasteiger partial charge in [0.1, 0.15) is 29.3 Å². The highest BCUT2D eigenvalue weighted by Gasteiger charge is 2.18. The van der Waals surface area contributed by atoms with Crippen molar-refractivity contribution in [2.45, 2.75) is 13.3 Å². The molecule has 0 aliphatic rings. The number of nitrogens with zero attached hydrogens (tertiary/aromatic N) is 1. The number of fused-ring (bicyclic) bond motifs is 1. The van der Waals surface area contributed by atoms with Crippen LogP contribution in [0.5, 0.6) is 0 Å². The van der Waals surface area contributed by atoms with E-state index in [0.717, 1.165) is 36.2 Å². The molecule has 4 rings (SSSR count). The van der Waals surface area contributed by atoms with Gasteiger partial charge in [0.15, 0.2) is 0 Å². The SMILES string of the molecule is CCc1ccc2c(F)c(-c3cc(F)c(-c4ccc(C#N)c(F)c4)c(F)c3)ccc2c1. The lowest BCUT2D eigenvalue weighted by Crippen LogP contribution is -1.96. The molecule has 0 aliphatic carbocycles. The highest BCUT2D eigenvalue weighted by molar-refractivity contribution is 5.89. The zero-order valence-electron chi connectivity index (χ0n) is 15.9. The van der Waals surface area contributed by atoms with E-state index in [0.29, 0.717) is 10.8 Å². The van der Waals surface area contributed by atoms with Crippen molar-refractivity contribution in [3.63, 3.8) is 0 Å². The zero-order chi connectivity index (χ0) is 21.4. The molecule has 0 unspecified atom stereocenters. The molecule has 4 aromatic carbocycles. The minimum atomic E-state index is -0.949. The van der Waals surface area contributed by atoms with Gasteiger partial charge in [0.25, 0.3) is 0 Å². The van der Waals surface area contributed by atoms with Crippen LogP contribution < -0.4 is 0 Å². The van der Waals surface area contributed by atoms with Crippen LogP contribution in [-0.4, -0.2) is 0 Å². The molecular formula is C25H15F4N. The summed E-state index contributed by atoms with van der Waals surface area (Å²) < 4.78 is 58.6. The molecule has 0 aliphatic heterocycles. The summed E-state index contributed by atoms with van der Waals surface area (Å²) in [6, 6.07) is 15.6. The molecule has 30 heavy (non-hydrogen) atoms. The Morgan fingerprint density at radius 1 is 0.767 bits per heavy atom. The zero-order valence-corrected chi connectivity index (χ0v) is 15.9. The van der Waals surface area contributed by atoms with Crippen LogP contribution in [0.15, 0.2) is 60.7 Å². The summed E-state index contributed by atoms with van der Waals surface area (Å²) in [5, 5.41) is 9.88. The number of halogens is 4. The van der Waals surface area contributed by atoms with Crippen LogP contribution in [-0.2, 0) is 6.42 Å². The fraction of sp³-hybridized carbons (Fsp3) is 0.0800. The Kier molecular flexibility index (Phi) is 5.01. The molecule has 0 heterocycles. The van der Waals surface area contributed by atoms with Crippen molar-refractivity contribution in [1.82, 2.24) is 0 Å². The number of rotatable bonds is 3.